The first-order valence-electron chi connectivity index (χ1n) is 8.49. The molecule has 3 rings (SSSR count). The summed E-state index contributed by atoms with van der Waals surface area (Å²) in [5, 5.41) is 2.91. The molecule has 2 saturated heterocycles. The van der Waals surface area contributed by atoms with Crippen LogP contribution in [0, 0.1) is 5.92 Å². The molecule has 0 aliphatic carbocycles. The highest BCUT2D eigenvalue weighted by Gasteiger charge is 2.29. The van der Waals surface area contributed by atoms with Crippen LogP contribution < -0.4 is 10.2 Å². The van der Waals surface area contributed by atoms with Crippen molar-refractivity contribution in [3.05, 3.63) is 18.3 Å². The van der Waals surface area contributed by atoms with Crippen LogP contribution >= 0.6 is 0 Å². The van der Waals surface area contributed by atoms with Gasteiger partial charge in [0.25, 0.3) is 0 Å². The molecule has 2 aliphatic rings. The highest BCUT2D eigenvalue weighted by molar-refractivity contribution is 5.93. The van der Waals surface area contributed by atoms with Gasteiger partial charge in [-0.25, -0.2) is 4.98 Å². The maximum atomic E-state index is 12.3. The third kappa shape index (κ3) is 3.84. The number of nitrogens with zero attached hydrogens (tertiary/aromatic N) is 4. The molecule has 0 bridgehead atoms. The van der Waals surface area contributed by atoms with Gasteiger partial charge in [0.05, 0.1) is 17.8 Å². The molecule has 1 unspecified atom stereocenters. The summed E-state index contributed by atoms with van der Waals surface area (Å²) in [7, 11) is 2.12. The van der Waals surface area contributed by atoms with Crippen molar-refractivity contribution in [1.82, 2.24) is 14.8 Å². The number of piperazine rings is 1. The van der Waals surface area contributed by atoms with E-state index in [2.05, 4.69) is 27.1 Å². The zero-order valence-electron chi connectivity index (χ0n) is 14.4. The van der Waals surface area contributed by atoms with Gasteiger partial charge >= 0.3 is 0 Å². The molecule has 1 atom stereocenters. The molecule has 1 aromatic rings. The van der Waals surface area contributed by atoms with Crippen LogP contribution in [0.2, 0.25) is 0 Å². The predicted molar refractivity (Wildman–Crippen MR) is 92.9 cm³/mol. The molecular formula is C17H25N5O2. The highest BCUT2D eigenvalue weighted by Crippen LogP contribution is 2.20. The molecule has 7 nitrogen and oxygen atoms in total. The van der Waals surface area contributed by atoms with E-state index in [9.17, 15) is 9.59 Å². The Bertz CT molecular complexity index is 596. The zero-order chi connectivity index (χ0) is 17.1. The summed E-state index contributed by atoms with van der Waals surface area (Å²) in [5.74, 6) is 0.812. The van der Waals surface area contributed by atoms with Crippen LogP contribution in [0.25, 0.3) is 0 Å². The Morgan fingerprint density at radius 2 is 1.92 bits per heavy atom. The molecule has 2 aliphatic heterocycles. The molecule has 1 N–H and O–H groups in total. The van der Waals surface area contributed by atoms with Gasteiger partial charge in [-0.15, -0.1) is 0 Å². The van der Waals surface area contributed by atoms with Crippen LogP contribution in [0.4, 0.5) is 11.5 Å². The lowest BCUT2D eigenvalue weighted by atomic mass is 10.1. The fourth-order valence-electron chi connectivity index (χ4n) is 3.19. The van der Waals surface area contributed by atoms with E-state index < -0.39 is 0 Å². The minimum atomic E-state index is -0.133. The summed E-state index contributed by atoms with van der Waals surface area (Å²) >= 11 is 0. The number of likely N-dealkylation sites (N-methyl/N-ethyl adjacent to an activating group) is 1. The van der Waals surface area contributed by atoms with Gasteiger partial charge < -0.3 is 20.0 Å². The van der Waals surface area contributed by atoms with Crippen molar-refractivity contribution in [1.29, 1.82) is 0 Å². The number of hydrogen-bond acceptors (Lipinski definition) is 5. The minimum absolute atomic E-state index is 0.0310. The normalized spacial score (nSPS) is 21.8. The number of carbonyl (C=O) groups excluding carboxylic acids is 2. The van der Waals surface area contributed by atoms with E-state index in [1.807, 2.05) is 12.1 Å². The Kier molecular flexibility index (Phi) is 4.99. The van der Waals surface area contributed by atoms with Gasteiger partial charge in [0.2, 0.25) is 11.8 Å². The van der Waals surface area contributed by atoms with E-state index >= 15 is 0 Å². The van der Waals surface area contributed by atoms with E-state index in [1.165, 1.54) is 0 Å². The number of carbonyl (C=O) groups is 2. The molecule has 0 saturated carbocycles. The van der Waals surface area contributed by atoms with Crippen LogP contribution in [0.3, 0.4) is 0 Å². The van der Waals surface area contributed by atoms with Gasteiger partial charge in [0.15, 0.2) is 0 Å². The Morgan fingerprint density at radius 1 is 1.17 bits per heavy atom. The Balaban J connectivity index is 1.54. The molecule has 2 amide bonds. The van der Waals surface area contributed by atoms with E-state index in [1.54, 1.807) is 18.0 Å². The van der Waals surface area contributed by atoms with Crippen LogP contribution in [0.15, 0.2) is 18.3 Å². The second-order valence-corrected chi connectivity index (χ2v) is 6.64. The Labute approximate surface area is 142 Å². The molecule has 0 aromatic carbocycles. The van der Waals surface area contributed by atoms with Gasteiger partial charge in [-0.2, -0.15) is 0 Å². The van der Waals surface area contributed by atoms with Crippen molar-refractivity contribution in [2.24, 2.45) is 5.92 Å². The first kappa shape index (κ1) is 16.7. The third-order valence-corrected chi connectivity index (χ3v) is 4.85. The topological polar surface area (TPSA) is 68.8 Å². The number of aromatic nitrogens is 1. The van der Waals surface area contributed by atoms with E-state index in [4.69, 9.17) is 0 Å². The van der Waals surface area contributed by atoms with Crippen molar-refractivity contribution in [3.8, 4) is 0 Å². The monoisotopic (exact) mass is 331 g/mol. The molecule has 0 spiro atoms. The molecule has 24 heavy (non-hydrogen) atoms. The maximum Gasteiger partial charge on any atom is 0.229 e. The lowest BCUT2D eigenvalue weighted by molar-refractivity contribution is -0.128. The van der Waals surface area contributed by atoms with Crippen molar-refractivity contribution in [2.75, 3.05) is 56.5 Å². The first-order chi connectivity index (χ1) is 11.5. The van der Waals surface area contributed by atoms with Crippen molar-refractivity contribution >= 4 is 23.3 Å². The standard InChI is InChI=1S/C17H25N5O2/c1-13(23)22-6-5-14(12-22)17(24)19-15-3-4-16(18-11-15)21-9-7-20(2)8-10-21/h3-4,11,14H,5-10,12H2,1-2H3,(H,19,24). The van der Waals surface area contributed by atoms with Crippen LogP contribution in [0.5, 0.6) is 0 Å². The van der Waals surface area contributed by atoms with Gasteiger partial charge in [-0.3, -0.25) is 9.59 Å². The molecule has 7 heteroatoms. The Morgan fingerprint density at radius 3 is 2.50 bits per heavy atom. The predicted octanol–water partition coefficient (Wildman–Crippen LogP) is 0.640. The van der Waals surface area contributed by atoms with Crippen molar-refractivity contribution in [3.63, 3.8) is 0 Å². The van der Waals surface area contributed by atoms with Gasteiger partial charge in [0.1, 0.15) is 5.82 Å². The van der Waals surface area contributed by atoms with Gasteiger partial charge in [0, 0.05) is 46.2 Å². The summed E-state index contributed by atoms with van der Waals surface area (Å²) in [4.78, 5) is 34.4. The zero-order valence-corrected chi connectivity index (χ0v) is 14.4. The number of anilines is 2. The van der Waals surface area contributed by atoms with E-state index in [0.717, 1.165) is 38.4 Å². The lowest BCUT2D eigenvalue weighted by Gasteiger charge is -2.33. The summed E-state index contributed by atoms with van der Waals surface area (Å²) in [6, 6.07) is 3.85. The van der Waals surface area contributed by atoms with Crippen molar-refractivity contribution in [2.45, 2.75) is 13.3 Å². The molecule has 130 valence electrons. The number of likely N-dealkylation sites (tertiary alicyclic amines) is 1. The van der Waals surface area contributed by atoms with Crippen molar-refractivity contribution < 1.29 is 9.59 Å². The third-order valence-electron chi connectivity index (χ3n) is 4.85. The molecule has 2 fully saturated rings. The second-order valence-electron chi connectivity index (χ2n) is 6.64. The summed E-state index contributed by atoms with van der Waals surface area (Å²) in [5.41, 5.74) is 0.708. The van der Waals surface area contributed by atoms with Crippen LogP contribution in [0.1, 0.15) is 13.3 Å². The Hall–Kier alpha value is -2.15. The smallest absolute Gasteiger partial charge is 0.229 e. The lowest BCUT2D eigenvalue weighted by Crippen LogP contribution is -2.44. The number of amides is 2. The summed E-state index contributed by atoms with van der Waals surface area (Å²) < 4.78 is 0. The number of nitrogens with one attached hydrogen (secondary N) is 1. The number of hydrogen-bond donors (Lipinski definition) is 1. The number of rotatable bonds is 3. The van der Waals surface area contributed by atoms with E-state index in [-0.39, 0.29) is 17.7 Å². The summed E-state index contributed by atoms with van der Waals surface area (Å²) in [6.45, 7) is 6.72. The average molecular weight is 331 g/mol. The fourth-order valence-corrected chi connectivity index (χ4v) is 3.19. The first-order valence-corrected chi connectivity index (χ1v) is 8.49. The average Bonchev–Trinajstić information content (AvgIpc) is 3.07. The largest absolute Gasteiger partial charge is 0.354 e. The SMILES string of the molecule is CC(=O)N1CCC(C(=O)Nc2ccc(N3CCN(C)CC3)nc2)C1. The molecule has 0 radical (unpaired) electrons. The highest BCUT2D eigenvalue weighted by atomic mass is 16.2. The van der Waals surface area contributed by atoms with Crippen LogP contribution in [-0.2, 0) is 9.59 Å². The summed E-state index contributed by atoms with van der Waals surface area (Å²) in [6.07, 6.45) is 2.43. The van der Waals surface area contributed by atoms with Gasteiger partial charge in [-0.05, 0) is 25.6 Å². The number of pyridine rings is 1. The fraction of sp³-hybridized carbons (Fsp3) is 0.588. The molecular weight excluding hydrogens is 306 g/mol. The van der Waals surface area contributed by atoms with E-state index in [0.29, 0.717) is 18.8 Å². The minimum Gasteiger partial charge on any atom is -0.354 e. The quantitative estimate of drug-likeness (QED) is 0.880. The maximum absolute atomic E-state index is 12.3. The second kappa shape index (κ2) is 7.17. The van der Waals surface area contributed by atoms with Crippen LogP contribution in [-0.4, -0.2) is 72.9 Å². The van der Waals surface area contributed by atoms with Gasteiger partial charge in [-0.1, -0.05) is 0 Å². The molecule has 3 heterocycles. The molecule has 1 aromatic heterocycles.